The Bertz CT molecular complexity index is 599. The van der Waals surface area contributed by atoms with E-state index in [0.29, 0.717) is 13.2 Å². The molecule has 27 heavy (non-hydrogen) atoms. The highest BCUT2D eigenvalue weighted by Gasteiger charge is 2.07. The summed E-state index contributed by atoms with van der Waals surface area (Å²) < 4.78 is 10.2. The third kappa shape index (κ3) is 20.1. The number of rotatable bonds is 8. The van der Waals surface area contributed by atoms with Crippen molar-refractivity contribution in [2.24, 2.45) is 0 Å². The minimum absolute atomic E-state index is 0.352. The van der Waals surface area contributed by atoms with Crippen LogP contribution in [0, 0.1) is 22.9 Å². The highest BCUT2D eigenvalue weighted by atomic mass is 28.3. The van der Waals surface area contributed by atoms with Crippen LogP contribution in [-0.4, -0.2) is 41.3 Å². The third-order valence-electron chi connectivity index (χ3n) is 2.78. The van der Waals surface area contributed by atoms with E-state index >= 15 is 0 Å². The Kier molecular flexibility index (Phi) is 12.2. The van der Waals surface area contributed by atoms with Gasteiger partial charge in [0.2, 0.25) is 0 Å². The maximum atomic E-state index is 11.5. The van der Waals surface area contributed by atoms with Crippen LogP contribution in [0.5, 0.6) is 0 Å². The Labute approximate surface area is 166 Å². The average molecular weight is 405 g/mol. The lowest BCUT2D eigenvalue weighted by atomic mass is 10.2. The molecule has 0 spiro atoms. The van der Waals surface area contributed by atoms with Crippen molar-refractivity contribution in [3.8, 4) is 22.9 Å². The summed E-state index contributed by atoms with van der Waals surface area (Å²) in [5.41, 5.74) is 6.28. The maximum Gasteiger partial charge on any atom is 0.331 e. The molecule has 0 aromatic rings. The molecule has 0 unspecified atom stereocenters. The van der Waals surface area contributed by atoms with Crippen molar-refractivity contribution >= 4 is 28.1 Å². The second-order valence-corrected chi connectivity index (χ2v) is 17.6. The van der Waals surface area contributed by atoms with Crippen molar-refractivity contribution in [3.63, 3.8) is 0 Å². The molecule has 0 rings (SSSR count). The molecule has 0 amide bonds. The zero-order valence-corrected chi connectivity index (χ0v) is 19.5. The maximum absolute atomic E-state index is 11.5. The number of allylic oxidation sites excluding steroid dienone is 2. The van der Waals surface area contributed by atoms with Crippen molar-refractivity contribution < 1.29 is 19.1 Å². The number of esters is 2. The molecule has 0 aliphatic rings. The fourth-order valence-corrected chi connectivity index (χ4v) is 2.59. The molecule has 148 valence electrons. The lowest BCUT2D eigenvalue weighted by Crippen LogP contribution is -2.16. The summed E-state index contributed by atoms with van der Waals surface area (Å²) in [5, 5.41) is 0. The second kappa shape index (κ2) is 13.2. The van der Waals surface area contributed by atoms with Crippen molar-refractivity contribution in [2.45, 2.75) is 58.5 Å². The minimum Gasteiger partial charge on any atom is -0.463 e. The van der Waals surface area contributed by atoms with Gasteiger partial charge >= 0.3 is 11.9 Å². The van der Waals surface area contributed by atoms with Gasteiger partial charge in [-0.15, -0.1) is 11.1 Å². The Morgan fingerprint density at radius 3 is 1.41 bits per heavy atom. The van der Waals surface area contributed by atoms with E-state index < -0.39 is 16.1 Å². The monoisotopic (exact) mass is 404 g/mol. The number of carbonyl (C=O) groups excluding carboxylic acids is 2. The topological polar surface area (TPSA) is 52.6 Å². The van der Waals surface area contributed by atoms with E-state index in [-0.39, 0.29) is 11.9 Å². The molecule has 0 bridgehead atoms. The molecule has 0 aliphatic heterocycles. The Morgan fingerprint density at radius 2 is 1.07 bits per heavy atom. The molecular weight excluding hydrogens is 372 g/mol. The summed E-state index contributed by atoms with van der Waals surface area (Å²) in [7, 11) is -2.82. The molecule has 0 saturated carbocycles. The van der Waals surface area contributed by atoms with Crippen molar-refractivity contribution in [3.05, 3.63) is 24.3 Å². The second-order valence-electron chi connectivity index (χ2n) is 8.10. The number of hydrogen-bond donors (Lipinski definition) is 0. The van der Waals surface area contributed by atoms with E-state index in [1.54, 1.807) is 12.2 Å². The zero-order chi connectivity index (χ0) is 20.8. The Morgan fingerprint density at radius 1 is 0.704 bits per heavy atom. The first kappa shape index (κ1) is 25.0. The largest absolute Gasteiger partial charge is 0.463 e. The number of hydrogen-bond acceptors (Lipinski definition) is 4. The van der Waals surface area contributed by atoms with Crippen LogP contribution in [0.2, 0.25) is 39.3 Å². The smallest absolute Gasteiger partial charge is 0.331 e. The van der Waals surface area contributed by atoms with Crippen LogP contribution in [0.3, 0.4) is 0 Å². The highest BCUT2D eigenvalue weighted by molar-refractivity contribution is 6.84. The van der Waals surface area contributed by atoms with Crippen LogP contribution in [0.15, 0.2) is 24.3 Å². The van der Waals surface area contributed by atoms with Crippen molar-refractivity contribution in [1.29, 1.82) is 0 Å². The van der Waals surface area contributed by atoms with Gasteiger partial charge in [-0.3, -0.25) is 0 Å². The normalized spacial score (nSPS) is 11.5. The molecule has 0 aliphatic carbocycles. The quantitative estimate of drug-likeness (QED) is 0.201. The minimum atomic E-state index is -1.41. The molecule has 0 atom stereocenters. The van der Waals surface area contributed by atoms with E-state index in [4.69, 9.17) is 9.47 Å². The molecule has 0 aromatic heterocycles. The summed E-state index contributed by atoms with van der Waals surface area (Å²) in [4.78, 5) is 23.0. The lowest BCUT2D eigenvalue weighted by Gasteiger charge is -2.03. The fourth-order valence-electron chi connectivity index (χ4n) is 1.56. The predicted molar refractivity (Wildman–Crippen MR) is 116 cm³/mol. The van der Waals surface area contributed by atoms with Gasteiger partial charge in [0.15, 0.2) is 0 Å². The van der Waals surface area contributed by atoms with E-state index in [2.05, 4.69) is 62.2 Å². The first-order chi connectivity index (χ1) is 12.5. The molecule has 6 heteroatoms. The van der Waals surface area contributed by atoms with Gasteiger partial charge in [-0.25, -0.2) is 9.59 Å². The van der Waals surface area contributed by atoms with Crippen LogP contribution >= 0.6 is 0 Å². The first-order valence-electron chi connectivity index (χ1n) is 9.22. The molecule has 0 heterocycles. The van der Waals surface area contributed by atoms with E-state index in [1.165, 1.54) is 12.2 Å². The number of ether oxygens (including phenoxy) is 2. The van der Waals surface area contributed by atoms with Gasteiger partial charge in [0.25, 0.3) is 0 Å². The van der Waals surface area contributed by atoms with Crippen LogP contribution in [-0.2, 0) is 19.1 Å². The van der Waals surface area contributed by atoms with E-state index in [1.807, 2.05) is 0 Å². The fraction of sp³-hybridized carbons (Fsp3) is 0.524. The summed E-state index contributed by atoms with van der Waals surface area (Å²) in [5.74, 6) is 5.00. The van der Waals surface area contributed by atoms with Gasteiger partial charge in [-0.05, 0) is 31.4 Å². The lowest BCUT2D eigenvalue weighted by molar-refractivity contribution is -0.138. The van der Waals surface area contributed by atoms with E-state index in [9.17, 15) is 9.59 Å². The van der Waals surface area contributed by atoms with Crippen LogP contribution < -0.4 is 0 Å². The number of carbonyl (C=O) groups is 2. The summed E-state index contributed by atoms with van der Waals surface area (Å²) in [6, 6.07) is 0. The van der Waals surface area contributed by atoms with E-state index in [0.717, 1.165) is 19.3 Å². The molecule has 4 nitrogen and oxygen atoms in total. The van der Waals surface area contributed by atoms with Gasteiger partial charge in [0.05, 0.1) is 13.2 Å². The van der Waals surface area contributed by atoms with Crippen LogP contribution in [0.4, 0.5) is 0 Å². The van der Waals surface area contributed by atoms with Gasteiger partial charge < -0.3 is 9.47 Å². The van der Waals surface area contributed by atoms with Crippen LogP contribution in [0.25, 0.3) is 0 Å². The van der Waals surface area contributed by atoms with Crippen molar-refractivity contribution in [2.75, 3.05) is 13.2 Å². The summed E-state index contributed by atoms with van der Waals surface area (Å²) in [6.45, 7) is 13.6. The third-order valence-corrected chi connectivity index (χ3v) is 4.57. The Hall–Kier alpha value is -2.03. The molecule has 0 fully saturated rings. The molecule has 0 aromatic carbocycles. The Balaban J connectivity index is 3.77. The first-order valence-corrected chi connectivity index (χ1v) is 16.2. The summed E-state index contributed by atoms with van der Waals surface area (Å²) >= 11 is 0. The standard InChI is InChI=1S/C21H32O4Si2/c1-26(2,3)18-12-8-14-20(22)24-16-10-7-11-17-25-21(23)15-9-13-19-27(4,5)6/h8-9,14-15H,7,10-11,16-17H2,1-6H3/b14-8-,15-9-. The SMILES string of the molecule is C[Si](C)(C)C#C/C=C\C(=O)OCCCCCOC(=O)/C=C\C#C[Si](C)(C)C. The average Bonchev–Trinajstić information content (AvgIpc) is 2.53. The highest BCUT2D eigenvalue weighted by Crippen LogP contribution is 1.99. The molecule has 0 N–H and O–H groups in total. The van der Waals surface area contributed by atoms with Crippen LogP contribution in [0.1, 0.15) is 19.3 Å². The molecule has 0 radical (unpaired) electrons. The predicted octanol–water partition coefficient (Wildman–Crippen LogP) is 4.12. The molecular formula is C21H32O4Si2. The van der Waals surface area contributed by atoms with Gasteiger partial charge in [-0.1, -0.05) is 51.1 Å². The van der Waals surface area contributed by atoms with Gasteiger partial charge in [0, 0.05) is 12.2 Å². The van der Waals surface area contributed by atoms with Gasteiger partial charge in [0.1, 0.15) is 16.1 Å². The van der Waals surface area contributed by atoms with Crippen molar-refractivity contribution in [1.82, 2.24) is 0 Å². The number of unbranched alkanes of at least 4 members (excludes halogenated alkanes) is 2. The molecule has 0 saturated heterocycles. The van der Waals surface area contributed by atoms with Gasteiger partial charge in [-0.2, -0.15) is 0 Å². The summed E-state index contributed by atoms with van der Waals surface area (Å²) in [6.07, 6.45) is 8.07. The zero-order valence-electron chi connectivity index (χ0n) is 17.5.